The van der Waals surface area contributed by atoms with Crippen LogP contribution in [-0.4, -0.2) is 20.7 Å². The summed E-state index contributed by atoms with van der Waals surface area (Å²) in [6, 6.07) is 1.06. The lowest BCUT2D eigenvalue weighted by atomic mass is 10.1. The molecule has 0 aromatic carbocycles. The van der Waals surface area contributed by atoms with E-state index < -0.39 is 8.32 Å². The van der Waals surface area contributed by atoms with Crippen molar-refractivity contribution in [2.24, 2.45) is 0 Å². The third kappa shape index (κ3) is 6.10. The van der Waals surface area contributed by atoms with Crippen LogP contribution in [0.25, 0.3) is 0 Å². The Balaban J connectivity index is 3.73. The predicted molar refractivity (Wildman–Crippen MR) is 63.0 cm³/mol. The molecule has 0 N–H and O–H groups in total. The van der Waals surface area contributed by atoms with E-state index in [9.17, 15) is 4.79 Å². The van der Waals surface area contributed by atoms with Crippen LogP contribution in [0.2, 0.25) is 19.1 Å². The summed E-state index contributed by atoms with van der Waals surface area (Å²) in [5.41, 5.74) is 0.667. The van der Waals surface area contributed by atoms with E-state index in [0.29, 0.717) is 12.0 Å². The normalized spacial score (nSPS) is 11.4. The van der Waals surface area contributed by atoms with E-state index in [1.807, 2.05) is 6.92 Å². The van der Waals surface area contributed by atoms with Crippen molar-refractivity contribution < 1.29 is 9.22 Å². The lowest BCUT2D eigenvalue weighted by Gasteiger charge is -2.21. The number of allylic oxidation sites excluding steroid dienone is 1. The van der Waals surface area contributed by atoms with Gasteiger partial charge in [-0.1, -0.05) is 6.58 Å². The molecule has 0 aromatic rings. The minimum atomic E-state index is -1.49. The molecule has 0 unspecified atom stereocenters. The number of carbonyl (C=O) groups is 1. The van der Waals surface area contributed by atoms with Crippen molar-refractivity contribution >= 4 is 14.1 Å². The maximum Gasteiger partial charge on any atom is 0.186 e. The lowest BCUT2D eigenvalue weighted by molar-refractivity contribution is -0.115. The van der Waals surface area contributed by atoms with Gasteiger partial charge in [0.05, 0.1) is 0 Å². The average molecular weight is 214 g/mol. The minimum Gasteiger partial charge on any atom is -0.418 e. The molecule has 82 valence electrons. The van der Waals surface area contributed by atoms with E-state index in [1.165, 1.54) is 0 Å². The van der Waals surface area contributed by atoms with Crippen LogP contribution in [0.5, 0.6) is 0 Å². The number of ketones is 1. The Morgan fingerprint density at radius 2 is 2.00 bits per heavy atom. The number of hydrogen-bond donors (Lipinski definition) is 0. The largest absolute Gasteiger partial charge is 0.418 e. The van der Waals surface area contributed by atoms with Crippen LogP contribution in [-0.2, 0) is 9.22 Å². The molecule has 0 spiro atoms. The van der Waals surface area contributed by atoms with Gasteiger partial charge in [-0.15, -0.1) is 0 Å². The molecule has 0 aliphatic heterocycles. The van der Waals surface area contributed by atoms with Crippen molar-refractivity contribution in [1.82, 2.24) is 0 Å². The minimum absolute atomic E-state index is 0.186. The molecule has 0 rings (SSSR count). The van der Waals surface area contributed by atoms with Crippen molar-refractivity contribution in [3.8, 4) is 0 Å². The number of rotatable bonds is 7. The highest BCUT2D eigenvalue weighted by atomic mass is 28.4. The molecule has 0 radical (unpaired) electrons. The average Bonchev–Trinajstić information content (AvgIpc) is 2.03. The highest BCUT2D eigenvalue weighted by Gasteiger charge is 2.21. The van der Waals surface area contributed by atoms with E-state index in [2.05, 4.69) is 19.7 Å². The first kappa shape index (κ1) is 13.6. The second-order valence-corrected chi connectivity index (χ2v) is 8.56. The highest BCUT2D eigenvalue weighted by molar-refractivity contribution is 6.71. The van der Waals surface area contributed by atoms with Crippen molar-refractivity contribution in [1.29, 1.82) is 0 Å². The Labute approximate surface area is 88.5 Å². The second kappa shape index (κ2) is 6.14. The number of Topliss-reactive ketones (excluding diaryl/α,β-unsaturated/α-hetero) is 1. The first-order chi connectivity index (χ1) is 6.39. The Morgan fingerprint density at radius 3 is 2.43 bits per heavy atom. The van der Waals surface area contributed by atoms with Crippen molar-refractivity contribution in [2.45, 2.75) is 45.8 Å². The fraction of sp³-hybridized carbons (Fsp3) is 0.727. The van der Waals surface area contributed by atoms with Crippen LogP contribution >= 0.6 is 0 Å². The zero-order chi connectivity index (χ0) is 11.2. The Bertz CT molecular complexity index is 209. The van der Waals surface area contributed by atoms with Gasteiger partial charge in [-0.05, 0) is 45.0 Å². The highest BCUT2D eigenvalue weighted by Crippen LogP contribution is 2.15. The van der Waals surface area contributed by atoms with E-state index in [4.69, 9.17) is 4.43 Å². The van der Waals surface area contributed by atoms with Gasteiger partial charge in [0.25, 0.3) is 0 Å². The van der Waals surface area contributed by atoms with Crippen LogP contribution in [0, 0.1) is 0 Å². The monoisotopic (exact) mass is 214 g/mol. The van der Waals surface area contributed by atoms with Gasteiger partial charge in [-0.2, -0.15) is 0 Å². The Kier molecular flexibility index (Phi) is 5.96. The third-order valence-electron chi connectivity index (χ3n) is 2.19. The lowest BCUT2D eigenvalue weighted by Crippen LogP contribution is -2.30. The smallest absolute Gasteiger partial charge is 0.186 e. The fourth-order valence-corrected chi connectivity index (χ4v) is 3.30. The molecule has 14 heavy (non-hydrogen) atoms. The molecule has 3 heteroatoms. The van der Waals surface area contributed by atoms with Crippen molar-refractivity contribution in [2.75, 3.05) is 6.61 Å². The molecule has 0 aliphatic carbocycles. The van der Waals surface area contributed by atoms with Gasteiger partial charge in [0, 0.05) is 13.0 Å². The summed E-state index contributed by atoms with van der Waals surface area (Å²) in [5.74, 6) is 0.186. The van der Waals surface area contributed by atoms with Crippen molar-refractivity contribution in [3.63, 3.8) is 0 Å². The fourth-order valence-electron chi connectivity index (χ4n) is 1.35. The molecule has 0 aliphatic rings. The summed E-state index contributed by atoms with van der Waals surface area (Å²) >= 11 is 0. The molecule has 0 heterocycles. The number of hydrogen-bond acceptors (Lipinski definition) is 2. The Hall–Kier alpha value is -0.413. The molecule has 0 saturated carbocycles. The van der Waals surface area contributed by atoms with E-state index in [0.717, 1.165) is 19.1 Å². The van der Waals surface area contributed by atoms with Gasteiger partial charge in [-0.3, -0.25) is 4.79 Å². The van der Waals surface area contributed by atoms with Crippen LogP contribution in [0.3, 0.4) is 0 Å². The van der Waals surface area contributed by atoms with Gasteiger partial charge in [0.1, 0.15) is 0 Å². The summed E-state index contributed by atoms with van der Waals surface area (Å²) in [5, 5.41) is 0. The molecular weight excluding hydrogens is 192 g/mol. The number of carbonyl (C=O) groups excluding carboxylic acids is 1. The van der Waals surface area contributed by atoms with E-state index in [1.54, 1.807) is 6.92 Å². The van der Waals surface area contributed by atoms with Gasteiger partial charge in [-0.25, -0.2) is 0 Å². The topological polar surface area (TPSA) is 26.3 Å². The SMILES string of the molecule is C=C(C)C(=O)CCC[Si](C)(C)OCC. The summed E-state index contributed by atoms with van der Waals surface area (Å²) in [6.45, 7) is 12.6. The zero-order valence-electron chi connectivity index (χ0n) is 9.85. The zero-order valence-corrected chi connectivity index (χ0v) is 10.9. The molecule has 2 nitrogen and oxygen atoms in total. The van der Waals surface area contributed by atoms with E-state index >= 15 is 0 Å². The van der Waals surface area contributed by atoms with Crippen LogP contribution < -0.4 is 0 Å². The first-order valence-electron chi connectivity index (χ1n) is 5.21. The van der Waals surface area contributed by atoms with Crippen LogP contribution in [0.1, 0.15) is 26.7 Å². The molecule has 0 saturated heterocycles. The quantitative estimate of drug-likeness (QED) is 0.481. The molecule has 0 bridgehead atoms. The second-order valence-electron chi connectivity index (χ2n) is 4.25. The first-order valence-corrected chi connectivity index (χ1v) is 8.33. The Morgan fingerprint density at radius 1 is 1.43 bits per heavy atom. The molecule has 0 fully saturated rings. The summed E-state index contributed by atoms with van der Waals surface area (Å²) in [6.07, 6.45) is 1.56. The predicted octanol–water partition coefficient (Wildman–Crippen LogP) is 3.15. The van der Waals surface area contributed by atoms with Crippen molar-refractivity contribution in [3.05, 3.63) is 12.2 Å². The van der Waals surface area contributed by atoms with E-state index in [-0.39, 0.29) is 5.78 Å². The summed E-state index contributed by atoms with van der Waals surface area (Å²) < 4.78 is 5.68. The summed E-state index contributed by atoms with van der Waals surface area (Å²) in [7, 11) is -1.49. The standard InChI is InChI=1S/C11H22O2Si/c1-6-13-14(4,5)9-7-8-11(12)10(2)3/h2,6-9H2,1,3-5H3. The van der Waals surface area contributed by atoms with Crippen LogP contribution in [0.4, 0.5) is 0 Å². The third-order valence-corrected chi connectivity index (χ3v) is 4.82. The van der Waals surface area contributed by atoms with Gasteiger partial charge in [0.2, 0.25) is 0 Å². The van der Waals surface area contributed by atoms with Crippen LogP contribution in [0.15, 0.2) is 12.2 Å². The molecule has 0 aromatic heterocycles. The maximum atomic E-state index is 11.3. The molecular formula is C11H22O2Si. The van der Waals surface area contributed by atoms with Gasteiger partial charge < -0.3 is 4.43 Å². The summed E-state index contributed by atoms with van der Waals surface area (Å²) in [4.78, 5) is 11.3. The van der Waals surface area contributed by atoms with Gasteiger partial charge >= 0.3 is 0 Å². The molecule has 0 atom stereocenters. The maximum absolute atomic E-state index is 11.3. The van der Waals surface area contributed by atoms with Gasteiger partial charge in [0.15, 0.2) is 14.1 Å². The molecule has 0 amide bonds.